The molecule has 84 valence electrons. The van der Waals surface area contributed by atoms with E-state index in [2.05, 4.69) is 15.5 Å². The molecule has 6 nitrogen and oxygen atoms in total. The lowest BCUT2D eigenvalue weighted by Gasteiger charge is -1.99. The lowest BCUT2D eigenvalue weighted by Crippen LogP contribution is -2.12. The van der Waals surface area contributed by atoms with Crippen LogP contribution in [0.2, 0.25) is 0 Å². The normalized spacial score (nSPS) is 10.4. The van der Waals surface area contributed by atoms with Crippen LogP contribution in [0.25, 0.3) is 0 Å². The summed E-state index contributed by atoms with van der Waals surface area (Å²) < 4.78 is 4.97. The number of nitrogen functional groups attached to an aromatic ring is 1. The smallest absolute Gasteiger partial charge is 0.274 e. The number of carbonyl (C=O) groups excluding carboxylic acids is 1. The highest BCUT2D eigenvalue weighted by molar-refractivity contribution is 6.03. The fraction of sp³-hybridized carbons (Fsp3) is 0.200. The highest BCUT2D eigenvalue weighted by Crippen LogP contribution is 2.18. The van der Waals surface area contributed by atoms with Crippen molar-refractivity contribution in [2.45, 2.75) is 13.8 Å². The topological polar surface area (TPSA) is 96.9 Å². The van der Waals surface area contributed by atoms with Gasteiger partial charge in [-0.15, -0.1) is 0 Å². The van der Waals surface area contributed by atoms with E-state index in [4.69, 9.17) is 10.3 Å². The number of amides is 1. The summed E-state index contributed by atoms with van der Waals surface area (Å²) in [5.41, 5.74) is 7.95. The number of H-pyrrole nitrogens is 1. The van der Waals surface area contributed by atoms with E-state index in [1.165, 1.54) is 0 Å². The Balaban J connectivity index is 2.17. The maximum absolute atomic E-state index is 11.7. The van der Waals surface area contributed by atoms with Gasteiger partial charge in [0.25, 0.3) is 5.91 Å². The van der Waals surface area contributed by atoms with Crippen LogP contribution in [0.4, 0.5) is 11.6 Å². The number of carbonyl (C=O) groups is 1. The van der Waals surface area contributed by atoms with Gasteiger partial charge in [-0.05, 0) is 19.9 Å². The Kier molecular flexibility index (Phi) is 2.40. The molecular weight excluding hydrogens is 208 g/mol. The minimum absolute atomic E-state index is 0.309. The van der Waals surface area contributed by atoms with Crippen LogP contribution in [0.15, 0.2) is 16.8 Å². The molecule has 2 aromatic heterocycles. The molecule has 2 aromatic rings. The van der Waals surface area contributed by atoms with Gasteiger partial charge in [-0.1, -0.05) is 5.16 Å². The van der Waals surface area contributed by atoms with E-state index >= 15 is 0 Å². The molecule has 2 heterocycles. The van der Waals surface area contributed by atoms with Crippen molar-refractivity contribution in [1.82, 2.24) is 10.1 Å². The third kappa shape index (κ3) is 1.77. The molecular formula is C10H12N4O2. The Bertz CT molecular complexity index is 527. The van der Waals surface area contributed by atoms with Crippen molar-refractivity contribution in [3.63, 3.8) is 0 Å². The molecule has 6 heteroatoms. The standard InChI is InChI=1S/C10H12N4O2/c1-5-6(2)14-16-10(5)13-9(15)8-3-7(11)4-12-8/h3-4,12H,11H2,1-2H3,(H,13,15). The third-order valence-electron chi connectivity index (χ3n) is 2.33. The molecule has 0 aliphatic heterocycles. The molecule has 0 spiro atoms. The zero-order chi connectivity index (χ0) is 11.7. The van der Waals surface area contributed by atoms with Gasteiger partial charge in [-0.2, -0.15) is 0 Å². The Labute approximate surface area is 91.8 Å². The average molecular weight is 220 g/mol. The molecule has 0 saturated heterocycles. The summed E-state index contributed by atoms with van der Waals surface area (Å²) in [7, 11) is 0. The SMILES string of the molecule is Cc1noc(NC(=O)c2cc(N)c[nH]2)c1C. The molecule has 0 atom stereocenters. The van der Waals surface area contributed by atoms with Gasteiger partial charge < -0.3 is 15.2 Å². The lowest BCUT2D eigenvalue weighted by molar-refractivity contribution is 0.101. The maximum atomic E-state index is 11.7. The van der Waals surface area contributed by atoms with E-state index in [0.717, 1.165) is 11.3 Å². The molecule has 0 radical (unpaired) electrons. The van der Waals surface area contributed by atoms with Crippen LogP contribution in [-0.2, 0) is 0 Å². The molecule has 0 aromatic carbocycles. The number of aromatic nitrogens is 2. The van der Waals surface area contributed by atoms with Crippen LogP contribution in [0.5, 0.6) is 0 Å². The second kappa shape index (κ2) is 3.73. The highest BCUT2D eigenvalue weighted by Gasteiger charge is 2.14. The molecule has 1 amide bonds. The molecule has 4 N–H and O–H groups in total. The van der Waals surface area contributed by atoms with Gasteiger partial charge in [0.15, 0.2) is 0 Å². The van der Waals surface area contributed by atoms with Crippen molar-refractivity contribution in [1.29, 1.82) is 0 Å². The summed E-state index contributed by atoms with van der Waals surface area (Å²) in [4.78, 5) is 14.5. The summed E-state index contributed by atoms with van der Waals surface area (Å²) in [5, 5.41) is 6.35. The number of anilines is 2. The number of aryl methyl sites for hydroxylation is 1. The number of nitrogens with two attached hydrogens (primary N) is 1. The van der Waals surface area contributed by atoms with Gasteiger partial charge in [0.2, 0.25) is 5.88 Å². The van der Waals surface area contributed by atoms with Crippen LogP contribution in [0, 0.1) is 13.8 Å². The number of hydrogen-bond acceptors (Lipinski definition) is 4. The summed E-state index contributed by atoms with van der Waals surface area (Å²) >= 11 is 0. The van der Waals surface area contributed by atoms with Crippen LogP contribution >= 0.6 is 0 Å². The number of nitrogens with one attached hydrogen (secondary N) is 2. The predicted octanol–water partition coefficient (Wildman–Crippen LogP) is 1.45. The first-order valence-electron chi connectivity index (χ1n) is 4.76. The second-order valence-corrected chi connectivity index (χ2v) is 3.52. The quantitative estimate of drug-likeness (QED) is 0.713. The van der Waals surface area contributed by atoms with E-state index in [1.807, 2.05) is 6.92 Å². The van der Waals surface area contributed by atoms with Crippen LogP contribution in [0.1, 0.15) is 21.7 Å². The molecule has 0 saturated carbocycles. The summed E-state index contributed by atoms with van der Waals surface area (Å²) in [6.45, 7) is 3.63. The molecule has 0 bridgehead atoms. The minimum Gasteiger partial charge on any atom is -0.397 e. The van der Waals surface area contributed by atoms with E-state index in [0.29, 0.717) is 17.3 Å². The predicted molar refractivity (Wildman–Crippen MR) is 59.1 cm³/mol. The van der Waals surface area contributed by atoms with Gasteiger partial charge in [0.05, 0.1) is 5.69 Å². The molecule has 2 rings (SSSR count). The minimum atomic E-state index is -0.309. The largest absolute Gasteiger partial charge is 0.397 e. The highest BCUT2D eigenvalue weighted by atomic mass is 16.5. The lowest BCUT2D eigenvalue weighted by atomic mass is 10.3. The van der Waals surface area contributed by atoms with Gasteiger partial charge >= 0.3 is 0 Å². The monoisotopic (exact) mass is 220 g/mol. The Morgan fingerprint density at radius 1 is 1.56 bits per heavy atom. The zero-order valence-electron chi connectivity index (χ0n) is 9.00. The van der Waals surface area contributed by atoms with Crippen molar-refractivity contribution in [2.24, 2.45) is 0 Å². The van der Waals surface area contributed by atoms with Gasteiger partial charge in [-0.3, -0.25) is 10.1 Å². The molecule has 0 aliphatic rings. The third-order valence-corrected chi connectivity index (χ3v) is 2.33. The number of aromatic amines is 1. The Hall–Kier alpha value is -2.24. The molecule has 0 fully saturated rings. The van der Waals surface area contributed by atoms with Crippen LogP contribution in [-0.4, -0.2) is 16.0 Å². The Morgan fingerprint density at radius 3 is 2.81 bits per heavy atom. The number of hydrogen-bond donors (Lipinski definition) is 3. The summed E-state index contributed by atoms with van der Waals surface area (Å²) in [6.07, 6.45) is 1.55. The van der Waals surface area contributed by atoms with Crippen molar-refractivity contribution in [2.75, 3.05) is 11.1 Å². The van der Waals surface area contributed by atoms with Crippen molar-refractivity contribution < 1.29 is 9.32 Å². The maximum Gasteiger partial charge on any atom is 0.274 e. The van der Waals surface area contributed by atoms with Gasteiger partial charge in [-0.25, -0.2) is 0 Å². The van der Waals surface area contributed by atoms with Gasteiger partial charge in [0.1, 0.15) is 5.69 Å². The van der Waals surface area contributed by atoms with E-state index in [1.54, 1.807) is 19.2 Å². The molecule has 0 unspecified atom stereocenters. The summed E-state index contributed by atoms with van der Waals surface area (Å²) in [5.74, 6) is 0.0478. The molecule has 0 aliphatic carbocycles. The van der Waals surface area contributed by atoms with Crippen LogP contribution < -0.4 is 11.1 Å². The number of nitrogens with zero attached hydrogens (tertiary/aromatic N) is 1. The van der Waals surface area contributed by atoms with E-state index in [9.17, 15) is 4.79 Å². The first-order chi connectivity index (χ1) is 7.58. The van der Waals surface area contributed by atoms with Crippen molar-refractivity contribution in [3.05, 3.63) is 29.2 Å². The molecule has 16 heavy (non-hydrogen) atoms. The Morgan fingerprint density at radius 2 is 2.31 bits per heavy atom. The fourth-order valence-corrected chi connectivity index (χ4v) is 1.24. The van der Waals surface area contributed by atoms with Crippen molar-refractivity contribution >= 4 is 17.5 Å². The van der Waals surface area contributed by atoms with Crippen molar-refractivity contribution in [3.8, 4) is 0 Å². The first-order valence-corrected chi connectivity index (χ1v) is 4.76. The summed E-state index contributed by atoms with van der Waals surface area (Å²) in [6, 6.07) is 1.55. The van der Waals surface area contributed by atoms with E-state index < -0.39 is 0 Å². The first kappa shape index (κ1) is 10.3. The zero-order valence-corrected chi connectivity index (χ0v) is 9.00. The second-order valence-electron chi connectivity index (χ2n) is 3.52. The average Bonchev–Trinajstić information content (AvgIpc) is 2.79. The fourth-order valence-electron chi connectivity index (χ4n) is 1.24. The van der Waals surface area contributed by atoms with Crippen LogP contribution in [0.3, 0.4) is 0 Å². The van der Waals surface area contributed by atoms with Gasteiger partial charge in [0, 0.05) is 17.4 Å². The van der Waals surface area contributed by atoms with E-state index in [-0.39, 0.29) is 5.91 Å². The number of rotatable bonds is 2.